The molecular weight excluding hydrogens is 241 g/mol. The van der Waals surface area contributed by atoms with Crippen molar-refractivity contribution in [3.8, 4) is 0 Å². The molecule has 1 unspecified atom stereocenters. The molecule has 0 aliphatic heterocycles. The Morgan fingerprint density at radius 3 is 2.94 bits per heavy atom. The Bertz CT molecular complexity index is 641. The van der Waals surface area contributed by atoms with Crippen molar-refractivity contribution >= 4 is 16.9 Å². The molecule has 0 amide bonds. The third kappa shape index (κ3) is 2.06. The number of benzene rings is 1. The molecule has 0 saturated heterocycles. The summed E-state index contributed by atoms with van der Waals surface area (Å²) in [6.45, 7) is 1.56. The van der Waals surface area contributed by atoms with Crippen molar-refractivity contribution in [2.24, 2.45) is 0 Å². The van der Waals surface area contributed by atoms with E-state index in [0.29, 0.717) is 10.2 Å². The van der Waals surface area contributed by atoms with Crippen LogP contribution in [0.1, 0.15) is 13.2 Å². The molecule has 0 radical (unpaired) electrons. The number of nitrogens with zero attached hydrogens (tertiary/aromatic N) is 3. The number of rotatable bonds is 3. The number of carbonyl (C=O) groups is 1. The van der Waals surface area contributed by atoms with Crippen LogP contribution in [0.3, 0.4) is 0 Å². The average molecular weight is 251 g/mol. The van der Waals surface area contributed by atoms with Gasteiger partial charge < -0.3 is 4.74 Å². The Balaban J connectivity index is 2.49. The number of esters is 1. The van der Waals surface area contributed by atoms with Crippen molar-refractivity contribution < 1.29 is 13.9 Å². The summed E-state index contributed by atoms with van der Waals surface area (Å²) in [4.78, 5) is 23.1. The van der Waals surface area contributed by atoms with E-state index in [1.165, 1.54) is 6.07 Å². The number of aromatic nitrogens is 3. The summed E-state index contributed by atoms with van der Waals surface area (Å²) in [5.41, 5.74) is -0.379. The zero-order valence-electron chi connectivity index (χ0n) is 9.54. The zero-order valence-corrected chi connectivity index (χ0v) is 9.54. The van der Waals surface area contributed by atoms with Crippen LogP contribution in [-0.4, -0.2) is 27.6 Å². The highest BCUT2D eigenvalue weighted by Gasteiger charge is 2.24. The molecule has 1 aromatic carbocycles. The summed E-state index contributed by atoms with van der Waals surface area (Å²) in [6.07, 6.45) is -2.28. The van der Waals surface area contributed by atoms with Gasteiger partial charge in [0.15, 0.2) is 0 Å². The molecular formula is C11H10FN3O3. The molecule has 0 bridgehead atoms. The second kappa shape index (κ2) is 4.91. The fourth-order valence-corrected chi connectivity index (χ4v) is 1.46. The molecule has 18 heavy (non-hydrogen) atoms. The van der Waals surface area contributed by atoms with Crippen LogP contribution in [0.2, 0.25) is 0 Å². The number of hydrogen-bond acceptors (Lipinski definition) is 5. The normalized spacial score (nSPS) is 12.3. The average Bonchev–Trinajstić information content (AvgIpc) is 2.39. The summed E-state index contributed by atoms with van der Waals surface area (Å²) in [7, 11) is 0. The quantitative estimate of drug-likeness (QED) is 0.755. The predicted molar refractivity (Wildman–Crippen MR) is 60.6 cm³/mol. The topological polar surface area (TPSA) is 74.1 Å². The van der Waals surface area contributed by atoms with Gasteiger partial charge in [0.2, 0.25) is 0 Å². The summed E-state index contributed by atoms with van der Waals surface area (Å²) in [6, 6.07) is 6.36. The van der Waals surface area contributed by atoms with E-state index in [9.17, 15) is 14.0 Å². The molecule has 6 nitrogen and oxygen atoms in total. The Kier molecular flexibility index (Phi) is 3.31. The van der Waals surface area contributed by atoms with E-state index in [1.807, 2.05) is 0 Å². The molecule has 0 aliphatic carbocycles. The number of alkyl halides is 1. The van der Waals surface area contributed by atoms with Gasteiger partial charge in [-0.15, -0.1) is 5.10 Å². The van der Waals surface area contributed by atoms with Crippen molar-refractivity contribution in [1.29, 1.82) is 0 Å². The number of ether oxygens (including phenoxy) is 1. The molecule has 0 fully saturated rings. The molecule has 2 rings (SSSR count). The van der Waals surface area contributed by atoms with Crippen molar-refractivity contribution in [1.82, 2.24) is 15.0 Å². The first-order chi connectivity index (χ1) is 8.65. The third-order valence-corrected chi connectivity index (χ3v) is 2.29. The lowest BCUT2D eigenvalue weighted by Crippen LogP contribution is -2.31. The van der Waals surface area contributed by atoms with Crippen LogP contribution in [0, 0.1) is 0 Å². The smallest absolute Gasteiger partial charge is 0.364 e. The van der Waals surface area contributed by atoms with Crippen molar-refractivity contribution in [2.45, 2.75) is 13.2 Å². The van der Waals surface area contributed by atoms with Crippen molar-refractivity contribution in [3.05, 3.63) is 34.6 Å². The Hall–Kier alpha value is -2.31. The first-order valence-corrected chi connectivity index (χ1v) is 5.30. The molecule has 2 aromatic rings. The lowest BCUT2D eigenvalue weighted by molar-refractivity contribution is -0.153. The lowest BCUT2D eigenvalue weighted by Gasteiger charge is -2.08. The van der Waals surface area contributed by atoms with Crippen LogP contribution in [0.4, 0.5) is 4.39 Å². The largest absolute Gasteiger partial charge is 0.462 e. The van der Waals surface area contributed by atoms with E-state index in [0.717, 1.165) is 0 Å². The molecule has 0 spiro atoms. The second-order valence-electron chi connectivity index (χ2n) is 3.44. The van der Waals surface area contributed by atoms with E-state index in [2.05, 4.69) is 15.0 Å². The highest BCUT2D eigenvalue weighted by molar-refractivity contribution is 5.77. The molecule has 1 atom stereocenters. The predicted octanol–water partition coefficient (Wildman–Crippen LogP) is 0.823. The molecule has 0 saturated carbocycles. The van der Waals surface area contributed by atoms with Crippen molar-refractivity contribution in [3.63, 3.8) is 0 Å². The highest BCUT2D eigenvalue weighted by atomic mass is 19.1. The number of hydrogen-bond donors (Lipinski definition) is 0. The minimum atomic E-state index is -2.28. The van der Waals surface area contributed by atoms with Crippen LogP contribution < -0.4 is 5.56 Å². The maximum absolute atomic E-state index is 13.7. The molecule has 1 heterocycles. The molecule has 0 aliphatic rings. The minimum absolute atomic E-state index is 0.0228. The van der Waals surface area contributed by atoms with Gasteiger partial charge in [0.05, 0.1) is 12.0 Å². The van der Waals surface area contributed by atoms with E-state index in [1.54, 1.807) is 25.1 Å². The SMILES string of the molecule is CCOC(=O)C(F)n1nnc2ccccc2c1=O. The summed E-state index contributed by atoms with van der Waals surface area (Å²) in [5.74, 6) is -1.16. The van der Waals surface area contributed by atoms with E-state index in [4.69, 9.17) is 0 Å². The molecule has 0 N–H and O–H groups in total. The van der Waals surface area contributed by atoms with E-state index >= 15 is 0 Å². The fraction of sp³-hybridized carbons (Fsp3) is 0.273. The van der Waals surface area contributed by atoms with Crippen LogP contribution in [-0.2, 0) is 9.53 Å². The van der Waals surface area contributed by atoms with Crippen LogP contribution in [0.15, 0.2) is 29.1 Å². The summed E-state index contributed by atoms with van der Waals surface area (Å²) < 4.78 is 18.5. The van der Waals surface area contributed by atoms with Gasteiger partial charge in [-0.2, -0.15) is 4.68 Å². The Morgan fingerprint density at radius 2 is 2.22 bits per heavy atom. The molecule has 7 heteroatoms. The lowest BCUT2D eigenvalue weighted by atomic mass is 10.2. The first kappa shape index (κ1) is 12.2. The van der Waals surface area contributed by atoms with Crippen molar-refractivity contribution in [2.75, 3.05) is 6.61 Å². The van der Waals surface area contributed by atoms with Crippen LogP contribution in [0.5, 0.6) is 0 Å². The first-order valence-electron chi connectivity index (χ1n) is 5.30. The summed E-state index contributed by atoms with van der Waals surface area (Å²) >= 11 is 0. The van der Waals surface area contributed by atoms with Gasteiger partial charge >= 0.3 is 5.97 Å². The maximum Gasteiger partial charge on any atom is 0.364 e. The van der Waals surface area contributed by atoms with Gasteiger partial charge in [0.25, 0.3) is 11.9 Å². The monoisotopic (exact) mass is 251 g/mol. The number of fused-ring (bicyclic) bond motifs is 1. The number of carbonyl (C=O) groups excluding carboxylic acids is 1. The van der Waals surface area contributed by atoms with E-state index < -0.39 is 17.8 Å². The van der Waals surface area contributed by atoms with Gasteiger partial charge in [-0.05, 0) is 19.1 Å². The second-order valence-corrected chi connectivity index (χ2v) is 3.44. The zero-order chi connectivity index (χ0) is 13.1. The molecule has 1 aromatic heterocycles. The fourth-order valence-electron chi connectivity index (χ4n) is 1.46. The van der Waals surface area contributed by atoms with Crippen LogP contribution in [0.25, 0.3) is 10.9 Å². The number of halogens is 1. The van der Waals surface area contributed by atoms with Gasteiger partial charge in [-0.3, -0.25) is 4.79 Å². The van der Waals surface area contributed by atoms with Gasteiger partial charge in [-0.1, -0.05) is 17.3 Å². The summed E-state index contributed by atoms with van der Waals surface area (Å²) in [5, 5.41) is 7.25. The third-order valence-electron chi connectivity index (χ3n) is 2.29. The minimum Gasteiger partial charge on any atom is -0.462 e. The van der Waals surface area contributed by atoms with Gasteiger partial charge in [0, 0.05) is 0 Å². The highest BCUT2D eigenvalue weighted by Crippen LogP contribution is 2.09. The standard InChI is InChI=1S/C11H10FN3O3/c1-2-18-11(17)9(12)15-10(16)7-5-3-4-6-8(7)13-14-15/h3-6,9H,2H2,1H3. The van der Waals surface area contributed by atoms with E-state index in [-0.39, 0.29) is 12.0 Å². The Labute approximate surface area is 101 Å². The maximum atomic E-state index is 13.7. The molecule has 94 valence electrons. The van der Waals surface area contributed by atoms with Gasteiger partial charge in [-0.25, -0.2) is 9.18 Å². The van der Waals surface area contributed by atoms with Gasteiger partial charge in [0.1, 0.15) is 5.52 Å². The Morgan fingerprint density at radius 1 is 1.50 bits per heavy atom. The van der Waals surface area contributed by atoms with Crippen LogP contribution >= 0.6 is 0 Å².